The summed E-state index contributed by atoms with van der Waals surface area (Å²) in [6.45, 7) is 5.30. The van der Waals surface area contributed by atoms with Crippen LogP contribution in [-0.2, 0) is 11.2 Å². The third-order valence-corrected chi connectivity index (χ3v) is 3.38. The molecule has 0 radical (unpaired) electrons. The molecule has 94 valence electrons. The minimum absolute atomic E-state index is 0.359. The third kappa shape index (κ3) is 3.51. The predicted octanol–water partition coefficient (Wildman–Crippen LogP) is 2.17. The van der Waals surface area contributed by atoms with Crippen LogP contribution in [0, 0.1) is 0 Å². The first-order valence-electron chi connectivity index (χ1n) is 6.57. The van der Waals surface area contributed by atoms with Gasteiger partial charge in [0.15, 0.2) is 0 Å². The molecule has 3 atom stereocenters. The SMILES string of the molecule is CCNC(Cc1ccncc1)C1CCC(C)O1. The van der Waals surface area contributed by atoms with Crippen molar-refractivity contribution < 1.29 is 4.74 Å². The molecule has 0 spiro atoms. The van der Waals surface area contributed by atoms with Crippen LogP contribution in [0.4, 0.5) is 0 Å². The van der Waals surface area contributed by atoms with Gasteiger partial charge in [0, 0.05) is 18.4 Å². The first-order chi connectivity index (χ1) is 8.29. The van der Waals surface area contributed by atoms with Crippen molar-refractivity contribution in [3.05, 3.63) is 30.1 Å². The fourth-order valence-electron chi connectivity index (χ4n) is 2.50. The number of pyridine rings is 1. The molecule has 1 saturated heterocycles. The molecule has 1 aliphatic heterocycles. The second kappa shape index (κ2) is 6.12. The van der Waals surface area contributed by atoms with Gasteiger partial charge in [0.25, 0.3) is 0 Å². The Morgan fingerprint density at radius 3 is 2.76 bits per heavy atom. The maximum absolute atomic E-state index is 5.97. The van der Waals surface area contributed by atoms with Gasteiger partial charge >= 0.3 is 0 Å². The number of nitrogens with one attached hydrogen (secondary N) is 1. The molecule has 1 aromatic heterocycles. The molecule has 2 heterocycles. The van der Waals surface area contributed by atoms with Crippen molar-refractivity contribution in [1.82, 2.24) is 10.3 Å². The Morgan fingerprint density at radius 1 is 1.41 bits per heavy atom. The molecule has 0 bridgehead atoms. The highest BCUT2D eigenvalue weighted by atomic mass is 16.5. The molecule has 0 aliphatic carbocycles. The molecule has 17 heavy (non-hydrogen) atoms. The molecule has 0 saturated carbocycles. The van der Waals surface area contributed by atoms with E-state index in [9.17, 15) is 0 Å². The van der Waals surface area contributed by atoms with Gasteiger partial charge in [0.1, 0.15) is 0 Å². The van der Waals surface area contributed by atoms with E-state index in [1.807, 2.05) is 12.4 Å². The van der Waals surface area contributed by atoms with Crippen LogP contribution in [0.25, 0.3) is 0 Å². The molecule has 1 aliphatic rings. The summed E-state index contributed by atoms with van der Waals surface area (Å²) >= 11 is 0. The number of aromatic nitrogens is 1. The number of hydrogen-bond donors (Lipinski definition) is 1. The van der Waals surface area contributed by atoms with Crippen LogP contribution >= 0.6 is 0 Å². The van der Waals surface area contributed by atoms with E-state index in [1.54, 1.807) is 0 Å². The van der Waals surface area contributed by atoms with Gasteiger partial charge in [-0.3, -0.25) is 4.98 Å². The summed E-state index contributed by atoms with van der Waals surface area (Å²) in [5.41, 5.74) is 1.33. The van der Waals surface area contributed by atoms with Crippen molar-refractivity contribution in [1.29, 1.82) is 0 Å². The number of likely N-dealkylation sites (N-methyl/N-ethyl adjacent to an activating group) is 1. The monoisotopic (exact) mass is 234 g/mol. The van der Waals surface area contributed by atoms with Crippen molar-refractivity contribution in [3.63, 3.8) is 0 Å². The van der Waals surface area contributed by atoms with Crippen molar-refractivity contribution >= 4 is 0 Å². The normalized spacial score (nSPS) is 26.0. The van der Waals surface area contributed by atoms with Crippen LogP contribution in [-0.4, -0.2) is 29.8 Å². The fraction of sp³-hybridized carbons (Fsp3) is 0.643. The molecule has 0 aromatic carbocycles. The molecule has 0 amide bonds. The van der Waals surface area contributed by atoms with Crippen LogP contribution < -0.4 is 5.32 Å². The zero-order valence-corrected chi connectivity index (χ0v) is 10.7. The smallest absolute Gasteiger partial charge is 0.0735 e. The van der Waals surface area contributed by atoms with Crippen molar-refractivity contribution in [2.45, 2.75) is 51.4 Å². The highest BCUT2D eigenvalue weighted by molar-refractivity contribution is 5.12. The molecule has 2 rings (SSSR count). The molecule has 1 N–H and O–H groups in total. The summed E-state index contributed by atoms with van der Waals surface area (Å²) < 4.78 is 5.97. The van der Waals surface area contributed by atoms with Gasteiger partial charge in [0.05, 0.1) is 12.2 Å². The number of nitrogens with zero attached hydrogens (tertiary/aromatic N) is 1. The second-order valence-electron chi connectivity index (χ2n) is 4.79. The standard InChI is InChI=1S/C14H22N2O/c1-3-16-13(14-5-4-11(2)17-14)10-12-6-8-15-9-7-12/h6-9,11,13-14,16H,3-5,10H2,1-2H3. The maximum atomic E-state index is 5.97. The van der Waals surface area contributed by atoms with Crippen LogP contribution in [0.2, 0.25) is 0 Å². The maximum Gasteiger partial charge on any atom is 0.0735 e. The van der Waals surface area contributed by atoms with Crippen LogP contribution in [0.3, 0.4) is 0 Å². The summed E-state index contributed by atoms with van der Waals surface area (Å²) in [4.78, 5) is 4.06. The molecular weight excluding hydrogens is 212 g/mol. The Labute approximate surface area is 104 Å². The quantitative estimate of drug-likeness (QED) is 0.848. The van der Waals surface area contributed by atoms with E-state index in [0.717, 1.165) is 13.0 Å². The first-order valence-corrected chi connectivity index (χ1v) is 6.57. The number of rotatable bonds is 5. The van der Waals surface area contributed by atoms with Gasteiger partial charge in [-0.25, -0.2) is 0 Å². The summed E-state index contributed by atoms with van der Waals surface area (Å²) in [5.74, 6) is 0. The molecule has 1 aromatic rings. The van der Waals surface area contributed by atoms with E-state index >= 15 is 0 Å². The van der Waals surface area contributed by atoms with Gasteiger partial charge in [-0.2, -0.15) is 0 Å². The number of hydrogen-bond acceptors (Lipinski definition) is 3. The minimum atomic E-state index is 0.359. The predicted molar refractivity (Wildman–Crippen MR) is 69.0 cm³/mol. The molecule has 3 nitrogen and oxygen atoms in total. The van der Waals surface area contributed by atoms with Gasteiger partial charge in [-0.05, 0) is 50.4 Å². The van der Waals surface area contributed by atoms with Crippen LogP contribution in [0.15, 0.2) is 24.5 Å². The lowest BCUT2D eigenvalue weighted by Crippen LogP contribution is -2.41. The van der Waals surface area contributed by atoms with E-state index in [0.29, 0.717) is 18.2 Å². The van der Waals surface area contributed by atoms with E-state index in [2.05, 4.69) is 36.3 Å². The van der Waals surface area contributed by atoms with Gasteiger partial charge in [0.2, 0.25) is 0 Å². The van der Waals surface area contributed by atoms with Crippen molar-refractivity contribution in [3.8, 4) is 0 Å². The lowest BCUT2D eigenvalue weighted by Gasteiger charge is -2.24. The lowest BCUT2D eigenvalue weighted by molar-refractivity contribution is 0.0324. The van der Waals surface area contributed by atoms with Gasteiger partial charge < -0.3 is 10.1 Å². The van der Waals surface area contributed by atoms with E-state index < -0.39 is 0 Å². The average molecular weight is 234 g/mol. The minimum Gasteiger partial charge on any atom is -0.374 e. The summed E-state index contributed by atoms with van der Waals surface area (Å²) in [6.07, 6.45) is 7.87. The zero-order valence-electron chi connectivity index (χ0n) is 10.7. The van der Waals surface area contributed by atoms with Crippen LogP contribution in [0.1, 0.15) is 32.3 Å². The van der Waals surface area contributed by atoms with Gasteiger partial charge in [-0.1, -0.05) is 6.92 Å². The number of ether oxygens (including phenoxy) is 1. The topological polar surface area (TPSA) is 34.2 Å². The highest BCUT2D eigenvalue weighted by Gasteiger charge is 2.28. The third-order valence-electron chi connectivity index (χ3n) is 3.38. The van der Waals surface area contributed by atoms with E-state index in [4.69, 9.17) is 4.74 Å². The van der Waals surface area contributed by atoms with E-state index in [1.165, 1.54) is 18.4 Å². The Hall–Kier alpha value is -0.930. The Morgan fingerprint density at radius 2 is 2.18 bits per heavy atom. The van der Waals surface area contributed by atoms with Crippen molar-refractivity contribution in [2.75, 3.05) is 6.54 Å². The summed E-state index contributed by atoms with van der Waals surface area (Å²) in [6, 6.07) is 4.60. The summed E-state index contributed by atoms with van der Waals surface area (Å²) in [7, 11) is 0. The largest absolute Gasteiger partial charge is 0.374 e. The fourth-order valence-corrected chi connectivity index (χ4v) is 2.50. The Balaban J connectivity index is 1.97. The second-order valence-corrected chi connectivity index (χ2v) is 4.79. The molecule has 3 heteroatoms. The van der Waals surface area contributed by atoms with Crippen LogP contribution in [0.5, 0.6) is 0 Å². The average Bonchev–Trinajstić information content (AvgIpc) is 2.77. The van der Waals surface area contributed by atoms with E-state index in [-0.39, 0.29) is 0 Å². The van der Waals surface area contributed by atoms with Crippen molar-refractivity contribution in [2.24, 2.45) is 0 Å². The summed E-state index contributed by atoms with van der Waals surface area (Å²) in [5, 5.41) is 3.55. The molecule has 3 unspecified atom stereocenters. The first kappa shape index (κ1) is 12.5. The Kier molecular flexibility index (Phi) is 4.51. The highest BCUT2D eigenvalue weighted by Crippen LogP contribution is 2.23. The lowest BCUT2D eigenvalue weighted by atomic mass is 10.00. The zero-order chi connectivity index (χ0) is 12.1. The van der Waals surface area contributed by atoms with Gasteiger partial charge in [-0.15, -0.1) is 0 Å². The molecular formula is C14H22N2O. The molecule has 1 fully saturated rings. The Bertz CT molecular complexity index is 328.